The number of pyridine rings is 1. The maximum Gasteiger partial charge on any atom is 0.225 e. The number of aliphatic hydroxyl groups is 3. The predicted octanol–water partition coefficient (Wildman–Crippen LogP) is 2.73. The number of methoxy groups -OCH3 is 1. The van der Waals surface area contributed by atoms with E-state index in [-0.39, 0.29) is 18.9 Å². The molecule has 0 amide bonds. The van der Waals surface area contributed by atoms with E-state index in [2.05, 4.69) is 25.6 Å². The molecular formula is C25H27FN6O4S. The van der Waals surface area contributed by atoms with Crippen LogP contribution in [0.3, 0.4) is 0 Å². The first-order chi connectivity index (χ1) is 17.9. The van der Waals surface area contributed by atoms with E-state index in [1.165, 1.54) is 24.5 Å². The Bertz CT molecular complexity index is 1390. The van der Waals surface area contributed by atoms with E-state index in [9.17, 15) is 19.7 Å². The number of rotatable bonds is 8. The topological polar surface area (TPSA) is 146 Å². The van der Waals surface area contributed by atoms with Crippen LogP contribution in [0.15, 0.2) is 36.7 Å². The first kappa shape index (κ1) is 25.2. The van der Waals surface area contributed by atoms with Gasteiger partial charge in [0.15, 0.2) is 11.6 Å². The third-order valence-corrected chi connectivity index (χ3v) is 7.57. The Hall–Kier alpha value is -3.45. The molecule has 12 heteroatoms. The van der Waals surface area contributed by atoms with E-state index in [1.54, 1.807) is 24.5 Å². The molecule has 37 heavy (non-hydrogen) atoms. The van der Waals surface area contributed by atoms with Crippen molar-refractivity contribution in [1.29, 1.82) is 0 Å². The average molecular weight is 527 g/mol. The Morgan fingerprint density at radius 3 is 2.70 bits per heavy atom. The second-order valence-electron chi connectivity index (χ2n) is 8.95. The molecule has 3 heterocycles. The van der Waals surface area contributed by atoms with Crippen molar-refractivity contribution in [2.24, 2.45) is 5.92 Å². The smallest absolute Gasteiger partial charge is 0.225 e. The van der Waals surface area contributed by atoms with Gasteiger partial charge in [-0.1, -0.05) is 6.07 Å². The van der Waals surface area contributed by atoms with Crippen molar-refractivity contribution in [2.75, 3.05) is 24.4 Å². The minimum atomic E-state index is -1.08. The largest absolute Gasteiger partial charge is 0.494 e. The number of thiazole rings is 1. The number of aliphatic hydroxyl groups excluding tert-OH is 3. The van der Waals surface area contributed by atoms with Gasteiger partial charge in [0.1, 0.15) is 22.4 Å². The average Bonchev–Trinajstić information content (AvgIpc) is 3.43. The quantitative estimate of drug-likeness (QED) is 0.232. The number of fused-ring (bicyclic) bond motifs is 1. The molecule has 0 bridgehead atoms. The Morgan fingerprint density at radius 1 is 1.16 bits per heavy atom. The number of nitrogens with one attached hydrogen (secondary N) is 2. The summed E-state index contributed by atoms with van der Waals surface area (Å²) < 4.78 is 20.1. The van der Waals surface area contributed by atoms with Gasteiger partial charge in [0.05, 0.1) is 41.4 Å². The molecule has 194 valence electrons. The fourth-order valence-corrected chi connectivity index (χ4v) is 5.56. The summed E-state index contributed by atoms with van der Waals surface area (Å²) in [5.41, 5.74) is 2.72. The highest BCUT2D eigenvalue weighted by atomic mass is 32.1. The summed E-state index contributed by atoms with van der Waals surface area (Å²) in [5.74, 6) is -0.0207. The van der Waals surface area contributed by atoms with Crippen LogP contribution >= 0.6 is 11.3 Å². The minimum absolute atomic E-state index is 0.163. The second kappa shape index (κ2) is 10.5. The molecule has 0 saturated heterocycles. The van der Waals surface area contributed by atoms with Crippen LogP contribution in [0.4, 0.5) is 16.2 Å². The molecule has 1 aliphatic carbocycles. The molecule has 4 atom stereocenters. The summed E-state index contributed by atoms with van der Waals surface area (Å²) in [7, 11) is 1.41. The number of halogens is 1. The van der Waals surface area contributed by atoms with Gasteiger partial charge in [-0.05, 0) is 37.1 Å². The van der Waals surface area contributed by atoms with E-state index in [4.69, 9.17) is 9.72 Å². The van der Waals surface area contributed by atoms with Gasteiger partial charge in [-0.3, -0.25) is 4.98 Å². The molecule has 5 rings (SSSR count). The highest BCUT2D eigenvalue weighted by Crippen LogP contribution is 2.38. The van der Waals surface area contributed by atoms with Crippen molar-refractivity contribution in [1.82, 2.24) is 19.9 Å². The second-order valence-corrected chi connectivity index (χ2v) is 9.98. The number of ether oxygens (including phenoxy) is 1. The van der Waals surface area contributed by atoms with Crippen LogP contribution in [0.5, 0.6) is 5.75 Å². The SMILES string of the molecule is COc1ccc(CNc2nc(C)c(-c3nc4cnccc4s3)c(N[C@@H]3C[C@H](CO)[C@@H](O)[C@H]3O)n2)cc1F. The van der Waals surface area contributed by atoms with Crippen molar-refractivity contribution in [2.45, 2.75) is 38.1 Å². The van der Waals surface area contributed by atoms with E-state index >= 15 is 0 Å². The number of hydrogen-bond donors (Lipinski definition) is 5. The van der Waals surface area contributed by atoms with Crippen LogP contribution in [0.1, 0.15) is 17.7 Å². The minimum Gasteiger partial charge on any atom is -0.494 e. The molecule has 1 saturated carbocycles. The molecule has 5 N–H and O–H groups in total. The van der Waals surface area contributed by atoms with Gasteiger partial charge in [-0.2, -0.15) is 4.98 Å². The fourth-order valence-electron chi connectivity index (χ4n) is 4.52. The zero-order chi connectivity index (χ0) is 26.1. The molecule has 1 aromatic carbocycles. The van der Waals surface area contributed by atoms with Crippen LogP contribution in [-0.4, -0.2) is 67.2 Å². The zero-order valence-corrected chi connectivity index (χ0v) is 21.0. The van der Waals surface area contributed by atoms with E-state index in [1.807, 2.05) is 13.0 Å². The Labute approximate surface area is 216 Å². The molecule has 0 unspecified atom stereocenters. The van der Waals surface area contributed by atoms with Crippen LogP contribution in [0, 0.1) is 18.7 Å². The summed E-state index contributed by atoms with van der Waals surface area (Å²) in [6, 6.07) is 6.02. The number of nitrogens with zero attached hydrogens (tertiary/aromatic N) is 4. The lowest BCUT2D eigenvalue weighted by atomic mass is 10.1. The van der Waals surface area contributed by atoms with Crippen molar-refractivity contribution >= 4 is 33.3 Å². The summed E-state index contributed by atoms with van der Waals surface area (Å²) in [4.78, 5) is 18.1. The third kappa shape index (κ3) is 5.05. The number of hydrogen-bond acceptors (Lipinski definition) is 11. The summed E-state index contributed by atoms with van der Waals surface area (Å²) in [6.45, 7) is 1.87. The number of benzene rings is 1. The van der Waals surface area contributed by atoms with Gasteiger partial charge >= 0.3 is 0 Å². The molecule has 10 nitrogen and oxygen atoms in total. The lowest BCUT2D eigenvalue weighted by molar-refractivity contribution is 0.00446. The highest BCUT2D eigenvalue weighted by molar-refractivity contribution is 7.21. The van der Waals surface area contributed by atoms with Gasteiger partial charge in [-0.15, -0.1) is 11.3 Å². The lowest BCUT2D eigenvalue weighted by Crippen LogP contribution is -2.35. The van der Waals surface area contributed by atoms with Crippen molar-refractivity contribution in [3.8, 4) is 16.3 Å². The highest BCUT2D eigenvalue weighted by Gasteiger charge is 2.41. The first-order valence-electron chi connectivity index (χ1n) is 11.8. The Morgan fingerprint density at radius 2 is 2.00 bits per heavy atom. The van der Waals surface area contributed by atoms with Gasteiger partial charge in [0.2, 0.25) is 5.95 Å². The van der Waals surface area contributed by atoms with Gasteiger partial charge in [-0.25, -0.2) is 14.4 Å². The Kier molecular flexibility index (Phi) is 7.15. The van der Waals surface area contributed by atoms with Crippen LogP contribution in [0.2, 0.25) is 0 Å². The first-order valence-corrected chi connectivity index (χ1v) is 12.6. The summed E-state index contributed by atoms with van der Waals surface area (Å²) >= 11 is 1.47. The van der Waals surface area contributed by atoms with E-state index in [0.29, 0.717) is 40.0 Å². The molecule has 4 aromatic rings. The maximum atomic E-state index is 14.1. The van der Waals surface area contributed by atoms with Crippen LogP contribution in [-0.2, 0) is 6.54 Å². The molecule has 0 radical (unpaired) electrons. The van der Waals surface area contributed by atoms with Crippen LogP contribution in [0.25, 0.3) is 20.8 Å². The third-order valence-electron chi connectivity index (χ3n) is 6.52. The number of aryl methyl sites for hydroxylation is 1. The van der Waals surface area contributed by atoms with Gasteiger partial charge in [0.25, 0.3) is 0 Å². The van der Waals surface area contributed by atoms with Crippen molar-refractivity contribution < 1.29 is 24.4 Å². The van der Waals surface area contributed by atoms with Gasteiger partial charge in [0, 0.05) is 25.3 Å². The monoisotopic (exact) mass is 526 g/mol. The molecular weight excluding hydrogens is 499 g/mol. The van der Waals surface area contributed by atoms with Gasteiger partial charge < -0.3 is 30.7 Å². The summed E-state index contributed by atoms with van der Waals surface area (Å²) in [6.07, 6.45) is 1.61. The summed E-state index contributed by atoms with van der Waals surface area (Å²) in [5, 5.41) is 37.6. The number of aromatic nitrogens is 4. The zero-order valence-electron chi connectivity index (χ0n) is 20.2. The number of anilines is 2. The fraction of sp³-hybridized carbons (Fsp3) is 0.360. The normalized spacial score (nSPS) is 21.4. The maximum absolute atomic E-state index is 14.1. The van der Waals surface area contributed by atoms with E-state index < -0.39 is 30.0 Å². The Balaban J connectivity index is 1.49. The molecule has 1 aliphatic rings. The molecule has 0 aliphatic heterocycles. The standard InChI is InChI=1S/C25H27FN6O4S/c1-12-20(24-31-17-10-27-6-5-19(17)37-24)23(30-16-8-14(11-33)21(34)22(16)35)32-25(29-12)28-9-13-3-4-18(36-2)15(26)7-13/h3-7,10,14,16,21-22,33-35H,8-9,11H2,1-2H3,(H2,28,29,30,32)/t14-,16-,21-,22+/m1/s1. The van der Waals surface area contributed by atoms with Crippen LogP contribution < -0.4 is 15.4 Å². The predicted molar refractivity (Wildman–Crippen MR) is 138 cm³/mol. The van der Waals surface area contributed by atoms with Crippen molar-refractivity contribution in [3.63, 3.8) is 0 Å². The molecule has 3 aromatic heterocycles. The van der Waals surface area contributed by atoms with Crippen molar-refractivity contribution in [3.05, 3.63) is 53.7 Å². The molecule has 0 spiro atoms. The van der Waals surface area contributed by atoms with E-state index in [0.717, 1.165) is 10.2 Å². The lowest BCUT2D eigenvalue weighted by Gasteiger charge is -2.21. The molecule has 1 fully saturated rings.